The van der Waals surface area contributed by atoms with Gasteiger partial charge < -0.3 is 15.8 Å². The van der Waals surface area contributed by atoms with Crippen molar-refractivity contribution in [1.29, 1.82) is 0 Å². The minimum atomic E-state index is -0.459. The summed E-state index contributed by atoms with van der Waals surface area (Å²) in [5.41, 5.74) is 5.69. The maximum atomic E-state index is 11.4. The number of carbonyl (C=O) groups is 1. The van der Waals surface area contributed by atoms with Crippen LogP contribution in [0.25, 0.3) is 0 Å². The monoisotopic (exact) mass is 300 g/mol. The molecule has 20 heavy (non-hydrogen) atoms. The first kappa shape index (κ1) is 17.1. The third-order valence-corrected chi connectivity index (χ3v) is 3.30. The van der Waals surface area contributed by atoms with Crippen molar-refractivity contribution in [3.63, 3.8) is 0 Å². The Hall–Kier alpha value is -1.00. The van der Waals surface area contributed by atoms with E-state index in [1.807, 2.05) is 32.9 Å². The Kier molecular flexibility index (Phi) is 6.56. The van der Waals surface area contributed by atoms with Crippen molar-refractivity contribution in [3.05, 3.63) is 23.3 Å². The second-order valence-electron chi connectivity index (χ2n) is 6.08. The molecule has 1 rings (SSSR count). The van der Waals surface area contributed by atoms with Crippen molar-refractivity contribution < 1.29 is 9.53 Å². The topological polar surface area (TPSA) is 64.3 Å². The molecule has 1 amide bonds. The highest BCUT2D eigenvalue weighted by Crippen LogP contribution is 2.22. The summed E-state index contributed by atoms with van der Waals surface area (Å²) in [6.45, 7) is 6.11. The second kappa shape index (κ2) is 7.70. The van der Waals surface area contributed by atoms with E-state index in [2.05, 4.69) is 11.4 Å². The molecule has 1 unspecified atom stereocenters. The lowest BCUT2D eigenvalue weighted by atomic mass is 9.90. The molecule has 0 aromatic heterocycles. The molecule has 0 fully saturated rings. The van der Waals surface area contributed by atoms with Crippen molar-refractivity contribution in [3.8, 4) is 0 Å². The fourth-order valence-electron chi connectivity index (χ4n) is 1.98. The smallest absolute Gasteiger partial charge is 0.407 e. The normalized spacial score (nSPS) is 20.2. The minimum absolute atomic E-state index is 0.0905. The Balaban J connectivity index is 2.15. The van der Waals surface area contributed by atoms with E-state index in [1.54, 1.807) is 0 Å². The molecule has 114 valence electrons. The third-order valence-electron chi connectivity index (χ3n) is 3.02. The lowest BCUT2D eigenvalue weighted by molar-refractivity contribution is 0.0526. The molecule has 1 aliphatic rings. The second-order valence-corrected chi connectivity index (χ2v) is 6.52. The number of nitrogens with two attached hydrogens (primary N) is 1. The van der Waals surface area contributed by atoms with Gasteiger partial charge in [0.2, 0.25) is 0 Å². The summed E-state index contributed by atoms with van der Waals surface area (Å²) in [5.74, 6) is 0.332. The van der Waals surface area contributed by atoms with Gasteiger partial charge in [-0.15, -0.1) is 0 Å². The molecule has 0 aliphatic heterocycles. The van der Waals surface area contributed by atoms with Crippen LogP contribution in [0.2, 0.25) is 0 Å². The molecule has 0 saturated heterocycles. The number of hydrogen-bond donors (Lipinski definition) is 2. The van der Waals surface area contributed by atoms with Crippen LogP contribution in [0, 0.1) is 5.92 Å². The van der Waals surface area contributed by atoms with Gasteiger partial charge in [-0.25, -0.2) is 4.79 Å². The maximum absolute atomic E-state index is 11.4. The van der Waals surface area contributed by atoms with Crippen LogP contribution in [0.15, 0.2) is 23.3 Å². The molecule has 0 aromatic carbocycles. The van der Waals surface area contributed by atoms with Gasteiger partial charge in [0.15, 0.2) is 0 Å². The van der Waals surface area contributed by atoms with Crippen LogP contribution in [0.1, 0.15) is 40.0 Å². The fourth-order valence-corrected chi connectivity index (χ4v) is 2.15. The molecule has 4 nitrogen and oxygen atoms in total. The van der Waals surface area contributed by atoms with Crippen LogP contribution in [-0.2, 0) is 4.74 Å². The van der Waals surface area contributed by atoms with E-state index < -0.39 is 5.60 Å². The number of carbonyl (C=O) groups excluding carboxylic acids is 1. The summed E-state index contributed by atoms with van der Waals surface area (Å²) < 4.78 is 5.16. The van der Waals surface area contributed by atoms with Gasteiger partial charge in [-0.2, -0.15) is 0 Å². The Labute approximate surface area is 126 Å². The van der Waals surface area contributed by atoms with Crippen LogP contribution >= 0.6 is 11.6 Å². The highest BCUT2D eigenvalue weighted by atomic mass is 35.5. The molecule has 5 heteroatoms. The molecule has 0 saturated carbocycles. The predicted octanol–water partition coefficient (Wildman–Crippen LogP) is 3.32. The molecular formula is C15H25ClN2O2. The Morgan fingerprint density at radius 3 is 2.85 bits per heavy atom. The van der Waals surface area contributed by atoms with E-state index in [9.17, 15) is 4.79 Å². The van der Waals surface area contributed by atoms with Gasteiger partial charge in [0.1, 0.15) is 5.60 Å². The van der Waals surface area contributed by atoms with Gasteiger partial charge in [-0.3, -0.25) is 0 Å². The molecule has 0 heterocycles. The summed E-state index contributed by atoms with van der Waals surface area (Å²) in [6.07, 6.45) is 8.15. The van der Waals surface area contributed by atoms with E-state index in [0.29, 0.717) is 12.5 Å². The van der Waals surface area contributed by atoms with Crippen molar-refractivity contribution >= 4 is 17.7 Å². The largest absolute Gasteiger partial charge is 0.444 e. The molecule has 0 spiro atoms. The molecular weight excluding hydrogens is 276 g/mol. The first-order valence-corrected chi connectivity index (χ1v) is 7.42. The standard InChI is InChI=1S/C15H25ClN2O2/c1-15(2,3)20-14(19)18-10-4-5-13(17)11-6-8-12(16)9-7-11/h6,8-9,11,13H,4-5,7,10,17H2,1-3H3,(H,18,19)/t11?,13-/m0/s1. The zero-order valence-electron chi connectivity index (χ0n) is 12.5. The fraction of sp³-hybridized carbons (Fsp3) is 0.667. The number of ether oxygens (including phenoxy) is 1. The van der Waals surface area contributed by atoms with Crippen LogP contribution < -0.4 is 11.1 Å². The average molecular weight is 301 g/mol. The van der Waals surface area contributed by atoms with Crippen LogP contribution in [-0.4, -0.2) is 24.3 Å². The Morgan fingerprint density at radius 2 is 2.30 bits per heavy atom. The first-order chi connectivity index (χ1) is 9.28. The Bertz CT molecular complexity index is 386. The summed E-state index contributed by atoms with van der Waals surface area (Å²) in [4.78, 5) is 11.4. The summed E-state index contributed by atoms with van der Waals surface area (Å²) >= 11 is 5.87. The number of alkyl carbamates (subject to hydrolysis) is 1. The lowest BCUT2D eigenvalue weighted by Crippen LogP contribution is -2.34. The zero-order chi connectivity index (χ0) is 15.2. The predicted molar refractivity (Wildman–Crippen MR) is 82.6 cm³/mol. The molecule has 1 aliphatic carbocycles. The van der Waals surface area contributed by atoms with Crippen molar-refractivity contribution in [1.82, 2.24) is 5.32 Å². The molecule has 2 atom stereocenters. The third kappa shape index (κ3) is 6.96. The average Bonchev–Trinajstić information content (AvgIpc) is 2.33. The molecule has 3 N–H and O–H groups in total. The minimum Gasteiger partial charge on any atom is -0.444 e. The summed E-state index contributed by atoms with van der Waals surface area (Å²) in [6, 6.07) is 0.0905. The molecule has 0 bridgehead atoms. The number of amides is 1. The van der Waals surface area contributed by atoms with Crippen LogP contribution in [0.3, 0.4) is 0 Å². The highest BCUT2D eigenvalue weighted by Gasteiger charge is 2.17. The van der Waals surface area contributed by atoms with E-state index in [-0.39, 0.29) is 12.1 Å². The van der Waals surface area contributed by atoms with Crippen molar-refractivity contribution in [2.24, 2.45) is 11.7 Å². The maximum Gasteiger partial charge on any atom is 0.407 e. The number of allylic oxidation sites excluding steroid dienone is 3. The number of rotatable bonds is 5. The van der Waals surface area contributed by atoms with E-state index in [0.717, 1.165) is 24.3 Å². The van der Waals surface area contributed by atoms with Gasteiger partial charge >= 0.3 is 6.09 Å². The van der Waals surface area contributed by atoms with Gasteiger partial charge in [0.05, 0.1) is 0 Å². The van der Waals surface area contributed by atoms with Gasteiger partial charge in [-0.1, -0.05) is 23.8 Å². The van der Waals surface area contributed by atoms with E-state index >= 15 is 0 Å². The zero-order valence-corrected chi connectivity index (χ0v) is 13.2. The van der Waals surface area contributed by atoms with Gasteiger partial charge in [-0.05, 0) is 52.0 Å². The van der Waals surface area contributed by atoms with E-state index in [4.69, 9.17) is 22.1 Å². The Morgan fingerprint density at radius 1 is 1.60 bits per heavy atom. The highest BCUT2D eigenvalue weighted by molar-refractivity contribution is 6.31. The number of nitrogens with one attached hydrogen (secondary N) is 1. The molecule has 0 radical (unpaired) electrons. The number of hydrogen-bond acceptors (Lipinski definition) is 3. The first-order valence-electron chi connectivity index (χ1n) is 7.04. The quantitative estimate of drug-likeness (QED) is 0.766. The van der Waals surface area contributed by atoms with Crippen LogP contribution in [0.4, 0.5) is 4.79 Å². The van der Waals surface area contributed by atoms with Crippen LogP contribution in [0.5, 0.6) is 0 Å². The lowest BCUT2D eigenvalue weighted by Gasteiger charge is -2.22. The number of halogens is 1. The molecule has 0 aromatic rings. The van der Waals surface area contributed by atoms with Crippen molar-refractivity contribution in [2.45, 2.75) is 51.7 Å². The summed E-state index contributed by atoms with van der Waals surface area (Å²) in [7, 11) is 0. The van der Waals surface area contributed by atoms with Crippen molar-refractivity contribution in [2.75, 3.05) is 6.54 Å². The van der Waals surface area contributed by atoms with E-state index in [1.165, 1.54) is 0 Å². The summed E-state index contributed by atoms with van der Waals surface area (Å²) in [5, 5.41) is 3.51. The van der Waals surface area contributed by atoms with Gasteiger partial charge in [0.25, 0.3) is 0 Å². The van der Waals surface area contributed by atoms with Gasteiger partial charge in [0, 0.05) is 17.6 Å². The SMILES string of the molecule is CC(C)(C)OC(=O)NCCC[C@H](N)C1C=CC(Cl)=CC1.